The molecule has 0 spiro atoms. The van der Waals surface area contributed by atoms with Gasteiger partial charge in [-0.2, -0.15) is 0 Å². The van der Waals surface area contributed by atoms with Gasteiger partial charge in [0.1, 0.15) is 0 Å². The summed E-state index contributed by atoms with van der Waals surface area (Å²) in [7, 11) is 0. The zero-order chi connectivity index (χ0) is 16.5. The molecule has 0 heterocycles. The summed E-state index contributed by atoms with van der Waals surface area (Å²) < 4.78 is 12.5. The lowest BCUT2D eigenvalue weighted by atomic mass is 9.61. The Morgan fingerprint density at radius 2 is 1.62 bits per heavy atom. The highest BCUT2D eigenvalue weighted by molar-refractivity contribution is 5.33. The normalized spacial score (nSPS) is 36.3. The maximum Gasteiger partial charge on any atom is 0.0829 e. The summed E-state index contributed by atoms with van der Waals surface area (Å²) in [6.45, 7) is 2.21. The van der Waals surface area contributed by atoms with Gasteiger partial charge in [-0.3, -0.25) is 0 Å². The zero-order valence-corrected chi connectivity index (χ0v) is 15.0. The van der Waals surface area contributed by atoms with E-state index in [1.807, 2.05) is 6.08 Å². The number of hydrogen-bond acceptors (Lipinski definition) is 0. The predicted octanol–water partition coefficient (Wildman–Crippen LogP) is 6.42. The first-order chi connectivity index (χ1) is 11.7. The number of benzene rings is 1. The van der Waals surface area contributed by atoms with E-state index in [9.17, 15) is 4.39 Å². The van der Waals surface area contributed by atoms with Gasteiger partial charge in [0, 0.05) is 0 Å². The number of hydrogen-bond donors (Lipinski definition) is 0. The fourth-order valence-electron chi connectivity index (χ4n) is 5.98. The smallest absolute Gasteiger partial charge is 0.0829 e. The Morgan fingerprint density at radius 3 is 2.46 bits per heavy atom. The average Bonchev–Trinajstić information content (AvgIpc) is 2.61. The van der Waals surface area contributed by atoms with Crippen molar-refractivity contribution >= 4 is 0 Å². The van der Waals surface area contributed by atoms with Crippen LogP contribution in [0.15, 0.2) is 30.6 Å². The molecule has 0 aromatic heterocycles. The quantitative estimate of drug-likeness (QED) is 0.588. The van der Waals surface area contributed by atoms with Crippen LogP contribution >= 0.6 is 0 Å². The van der Waals surface area contributed by atoms with E-state index in [2.05, 4.69) is 25.1 Å². The minimum absolute atomic E-state index is 0.512. The Kier molecular flexibility index (Phi) is 4.79. The van der Waals surface area contributed by atoms with Crippen molar-refractivity contribution in [2.75, 3.05) is 0 Å². The van der Waals surface area contributed by atoms with Crippen LogP contribution < -0.4 is 0 Å². The third kappa shape index (κ3) is 3.32. The Hall–Kier alpha value is -1.11. The van der Waals surface area contributed by atoms with Crippen molar-refractivity contribution in [2.24, 2.45) is 29.6 Å². The molecule has 5 atom stereocenters. The molecule has 0 amide bonds. The highest BCUT2D eigenvalue weighted by atomic mass is 19.1. The first kappa shape index (κ1) is 16.4. The van der Waals surface area contributed by atoms with E-state index in [-0.39, 0.29) is 0 Å². The molecule has 0 saturated heterocycles. The summed E-state index contributed by atoms with van der Waals surface area (Å²) in [6.07, 6.45) is 14.6. The molecule has 130 valence electrons. The SMILES string of the molecule is Cc1ccc2c(c1)CCC(C1CCC3CC(C=CF)CCC3C1)C2. The molecule has 0 radical (unpaired) electrons. The maximum absolute atomic E-state index is 12.5. The molecular formula is C23H31F. The number of aryl methyl sites for hydroxylation is 2. The maximum atomic E-state index is 12.5. The fraction of sp³-hybridized carbons (Fsp3) is 0.652. The molecule has 1 aromatic rings. The molecule has 0 nitrogen and oxygen atoms in total. The summed E-state index contributed by atoms with van der Waals surface area (Å²) in [5, 5.41) is 0. The predicted molar refractivity (Wildman–Crippen MR) is 98.6 cm³/mol. The van der Waals surface area contributed by atoms with Crippen molar-refractivity contribution in [3.05, 3.63) is 47.3 Å². The Labute approximate surface area is 146 Å². The molecule has 3 aliphatic carbocycles. The first-order valence-corrected chi connectivity index (χ1v) is 10.1. The van der Waals surface area contributed by atoms with Crippen LogP contribution in [0.1, 0.15) is 61.6 Å². The second-order valence-electron chi connectivity index (χ2n) is 8.76. The largest absolute Gasteiger partial charge is 0.216 e. The van der Waals surface area contributed by atoms with E-state index in [1.54, 1.807) is 11.1 Å². The van der Waals surface area contributed by atoms with Crippen LogP contribution in [-0.4, -0.2) is 0 Å². The highest BCUT2D eigenvalue weighted by Crippen LogP contribution is 2.48. The van der Waals surface area contributed by atoms with Gasteiger partial charge in [-0.15, -0.1) is 0 Å². The summed E-state index contributed by atoms with van der Waals surface area (Å²) in [6, 6.07) is 7.08. The Balaban J connectivity index is 1.38. The van der Waals surface area contributed by atoms with Gasteiger partial charge < -0.3 is 0 Å². The molecule has 0 aliphatic heterocycles. The molecule has 3 aliphatic rings. The topological polar surface area (TPSA) is 0 Å². The summed E-state index contributed by atoms with van der Waals surface area (Å²) in [4.78, 5) is 0. The van der Waals surface area contributed by atoms with Crippen LogP contribution in [0, 0.1) is 36.5 Å². The van der Waals surface area contributed by atoms with E-state index in [0.717, 1.165) is 30.0 Å². The number of allylic oxidation sites excluding steroid dienone is 1. The molecule has 0 N–H and O–H groups in total. The van der Waals surface area contributed by atoms with Crippen LogP contribution in [-0.2, 0) is 12.8 Å². The third-order valence-corrected chi connectivity index (χ3v) is 7.33. The van der Waals surface area contributed by atoms with Gasteiger partial charge in [0.05, 0.1) is 6.33 Å². The van der Waals surface area contributed by atoms with Crippen molar-refractivity contribution in [3.8, 4) is 0 Å². The van der Waals surface area contributed by atoms with Crippen LogP contribution in [0.3, 0.4) is 0 Å². The summed E-state index contributed by atoms with van der Waals surface area (Å²) in [5.41, 5.74) is 4.64. The minimum atomic E-state index is 0.512. The lowest BCUT2D eigenvalue weighted by molar-refractivity contribution is 0.0809. The van der Waals surface area contributed by atoms with Crippen molar-refractivity contribution in [1.29, 1.82) is 0 Å². The molecular weight excluding hydrogens is 295 g/mol. The van der Waals surface area contributed by atoms with Crippen molar-refractivity contribution in [3.63, 3.8) is 0 Å². The molecule has 0 bridgehead atoms. The van der Waals surface area contributed by atoms with Gasteiger partial charge in [-0.1, -0.05) is 29.8 Å². The molecule has 1 aromatic carbocycles. The number of halogens is 1. The van der Waals surface area contributed by atoms with E-state index < -0.39 is 0 Å². The molecule has 24 heavy (non-hydrogen) atoms. The van der Waals surface area contributed by atoms with Crippen LogP contribution in [0.4, 0.5) is 4.39 Å². The van der Waals surface area contributed by atoms with Gasteiger partial charge in [-0.05, 0) is 105 Å². The minimum Gasteiger partial charge on any atom is -0.216 e. The highest BCUT2D eigenvalue weighted by Gasteiger charge is 2.38. The lowest BCUT2D eigenvalue weighted by Crippen LogP contribution is -2.34. The van der Waals surface area contributed by atoms with Crippen LogP contribution in [0.25, 0.3) is 0 Å². The van der Waals surface area contributed by atoms with Crippen LogP contribution in [0.2, 0.25) is 0 Å². The van der Waals surface area contributed by atoms with Crippen molar-refractivity contribution in [1.82, 2.24) is 0 Å². The molecule has 4 rings (SSSR count). The van der Waals surface area contributed by atoms with E-state index in [4.69, 9.17) is 0 Å². The third-order valence-electron chi connectivity index (χ3n) is 7.33. The lowest BCUT2D eigenvalue weighted by Gasteiger charge is -2.44. The first-order valence-electron chi connectivity index (χ1n) is 10.1. The molecule has 2 saturated carbocycles. The van der Waals surface area contributed by atoms with Gasteiger partial charge >= 0.3 is 0 Å². The van der Waals surface area contributed by atoms with Gasteiger partial charge in [0.25, 0.3) is 0 Å². The number of fused-ring (bicyclic) bond motifs is 2. The van der Waals surface area contributed by atoms with Gasteiger partial charge in [-0.25, -0.2) is 4.39 Å². The van der Waals surface area contributed by atoms with E-state index >= 15 is 0 Å². The zero-order valence-electron chi connectivity index (χ0n) is 15.0. The molecule has 2 fully saturated rings. The standard InChI is InChI=1S/C23H31F/c1-16-2-4-20-14-22(8-6-18(20)12-16)23-9-7-19-13-17(10-11-24)3-5-21(19)15-23/h2,4,10-12,17,19,21-23H,3,5-9,13-15H2,1H3. The van der Waals surface area contributed by atoms with Gasteiger partial charge in [0.15, 0.2) is 0 Å². The van der Waals surface area contributed by atoms with Crippen molar-refractivity contribution in [2.45, 2.75) is 64.7 Å². The number of rotatable bonds is 2. The summed E-state index contributed by atoms with van der Waals surface area (Å²) >= 11 is 0. The summed E-state index contributed by atoms with van der Waals surface area (Å²) in [5.74, 6) is 4.15. The second kappa shape index (κ2) is 7.02. The van der Waals surface area contributed by atoms with Crippen molar-refractivity contribution < 1.29 is 4.39 Å². The van der Waals surface area contributed by atoms with Crippen LogP contribution in [0.5, 0.6) is 0 Å². The molecule has 1 heteroatoms. The molecule has 5 unspecified atom stereocenters. The van der Waals surface area contributed by atoms with E-state index in [1.165, 1.54) is 63.4 Å². The second-order valence-corrected chi connectivity index (χ2v) is 8.76. The monoisotopic (exact) mass is 326 g/mol. The fourth-order valence-corrected chi connectivity index (χ4v) is 5.98. The van der Waals surface area contributed by atoms with Gasteiger partial charge in [0.2, 0.25) is 0 Å². The Morgan fingerprint density at radius 1 is 0.875 bits per heavy atom. The average molecular weight is 326 g/mol. The Bertz CT molecular complexity index is 602. The van der Waals surface area contributed by atoms with E-state index in [0.29, 0.717) is 5.92 Å².